The van der Waals surface area contributed by atoms with Crippen LogP contribution in [0.25, 0.3) is 10.8 Å². The summed E-state index contributed by atoms with van der Waals surface area (Å²) in [7, 11) is 0. The highest BCUT2D eigenvalue weighted by Gasteiger charge is 2.06. The van der Waals surface area contributed by atoms with E-state index in [9.17, 15) is 0 Å². The average Bonchev–Trinajstić information content (AvgIpc) is 2.42. The lowest BCUT2D eigenvalue weighted by Gasteiger charge is -2.10. The number of rotatable bonds is 2. The fourth-order valence-corrected chi connectivity index (χ4v) is 2.00. The van der Waals surface area contributed by atoms with Gasteiger partial charge in [-0.1, -0.05) is 24.3 Å². The molecule has 94 valence electrons. The van der Waals surface area contributed by atoms with Gasteiger partial charge >= 0.3 is 0 Å². The summed E-state index contributed by atoms with van der Waals surface area (Å²) < 4.78 is 5.85. The number of nitrogen functional groups attached to an aromatic ring is 2. The van der Waals surface area contributed by atoms with Crippen LogP contribution >= 0.6 is 0 Å². The predicted molar refractivity (Wildman–Crippen MR) is 77.1 cm³/mol. The molecule has 0 radical (unpaired) electrons. The van der Waals surface area contributed by atoms with Crippen molar-refractivity contribution in [1.29, 1.82) is 0 Å². The Kier molecular flexibility index (Phi) is 2.68. The fraction of sp³-hybridized carbons (Fsp3) is 0. The number of anilines is 2. The third-order valence-corrected chi connectivity index (χ3v) is 2.90. The van der Waals surface area contributed by atoms with E-state index in [2.05, 4.69) is 4.98 Å². The summed E-state index contributed by atoms with van der Waals surface area (Å²) in [6.07, 6.45) is 1.62. The summed E-state index contributed by atoms with van der Waals surface area (Å²) in [6, 6.07) is 15.0. The molecule has 0 atom stereocenters. The number of aromatic nitrogens is 1. The van der Waals surface area contributed by atoms with Crippen molar-refractivity contribution in [3.8, 4) is 11.5 Å². The van der Waals surface area contributed by atoms with Gasteiger partial charge in [-0.25, -0.2) is 4.98 Å². The van der Waals surface area contributed by atoms with E-state index in [0.717, 1.165) is 22.2 Å². The molecule has 0 fully saturated rings. The van der Waals surface area contributed by atoms with Crippen molar-refractivity contribution in [2.24, 2.45) is 0 Å². The van der Waals surface area contributed by atoms with E-state index >= 15 is 0 Å². The van der Waals surface area contributed by atoms with Gasteiger partial charge in [0, 0.05) is 28.7 Å². The molecular weight excluding hydrogens is 238 g/mol. The highest BCUT2D eigenvalue weighted by molar-refractivity contribution is 5.97. The molecule has 0 aliphatic heterocycles. The van der Waals surface area contributed by atoms with Gasteiger partial charge in [0.25, 0.3) is 0 Å². The van der Waals surface area contributed by atoms with E-state index < -0.39 is 0 Å². The lowest BCUT2D eigenvalue weighted by atomic mass is 10.1. The first-order chi connectivity index (χ1) is 9.24. The van der Waals surface area contributed by atoms with Crippen molar-refractivity contribution in [3.05, 3.63) is 54.7 Å². The Hall–Kier alpha value is -2.75. The highest BCUT2D eigenvalue weighted by atomic mass is 16.5. The third kappa shape index (κ3) is 2.15. The van der Waals surface area contributed by atoms with Crippen LogP contribution in [0.3, 0.4) is 0 Å². The van der Waals surface area contributed by atoms with Gasteiger partial charge in [-0.2, -0.15) is 0 Å². The summed E-state index contributed by atoms with van der Waals surface area (Å²) in [4.78, 5) is 3.94. The highest BCUT2D eigenvalue weighted by Crippen LogP contribution is 2.33. The fourth-order valence-electron chi connectivity index (χ4n) is 2.00. The molecule has 0 saturated heterocycles. The lowest BCUT2D eigenvalue weighted by molar-refractivity contribution is 0.488. The second kappa shape index (κ2) is 4.49. The molecule has 4 nitrogen and oxygen atoms in total. The number of pyridine rings is 1. The minimum Gasteiger partial charge on any atom is -0.457 e. The van der Waals surface area contributed by atoms with Crippen molar-refractivity contribution in [2.45, 2.75) is 0 Å². The minimum atomic E-state index is 0.428. The number of fused-ring (bicyclic) bond motifs is 1. The Balaban J connectivity index is 2.09. The molecule has 2 aromatic carbocycles. The van der Waals surface area contributed by atoms with E-state index in [1.807, 2.05) is 36.4 Å². The molecule has 0 bridgehead atoms. The van der Waals surface area contributed by atoms with Crippen molar-refractivity contribution in [1.82, 2.24) is 4.98 Å². The van der Waals surface area contributed by atoms with Gasteiger partial charge in [0.05, 0.1) is 0 Å². The van der Waals surface area contributed by atoms with E-state index in [1.54, 1.807) is 18.3 Å². The van der Waals surface area contributed by atoms with Crippen molar-refractivity contribution < 1.29 is 4.74 Å². The van der Waals surface area contributed by atoms with Crippen LogP contribution in [0, 0.1) is 0 Å². The number of ether oxygens (including phenoxy) is 1. The third-order valence-electron chi connectivity index (χ3n) is 2.90. The topological polar surface area (TPSA) is 74.2 Å². The predicted octanol–water partition coefficient (Wildman–Crippen LogP) is 3.19. The zero-order valence-corrected chi connectivity index (χ0v) is 10.2. The van der Waals surface area contributed by atoms with Gasteiger partial charge in [0.15, 0.2) is 0 Å². The standard InChI is InChI=1S/C15H13N3O/c16-13-5-6-14(12-4-2-1-3-11(12)13)19-10-7-8-18-15(17)9-10/h1-9H,16H2,(H2,17,18). The first-order valence-corrected chi connectivity index (χ1v) is 5.90. The summed E-state index contributed by atoms with van der Waals surface area (Å²) in [5, 5.41) is 1.94. The second-order valence-corrected chi connectivity index (χ2v) is 4.22. The summed E-state index contributed by atoms with van der Waals surface area (Å²) >= 11 is 0. The minimum absolute atomic E-state index is 0.428. The molecule has 0 spiro atoms. The van der Waals surface area contributed by atoms with Crippen LogP contribution in [0.5, 0.6) is 11.5 Å². The maximum Gasteiger partial charge on any atom is 0.135 e. The van der Waals surface area contributed by atoms with Crippen LogP contribution < -0.4 is 16.2 Å². The van der Waals surface area contributed by atoms with Crippen molar-refractivity contribution in [3.63, 3.8) is 0 Å². The molecule has 1 heterocycles. The van der Waals surface area contributed by atoms with Crippen LogP contribution in [0.15, 0.2) is 54.7 Å². The Bertz CT molecular complexity index is 740. The van der Waals surface area contributed by atoms with Crippen LogP contribution in [0.2, 0.25) is 0 Å². The quantitative estimate of drug-likeness (QED) is 0.686. The average molecular weight is 251 g/mol. The Morgan fingerprint density at radius 2 is 1.68 bits per heavy atom. The van der Waals surface area contributed by atoms with Gasteiger partial charge in [-0.15, -0.1) is 0 Å². The lowest BCUT2D eigenvalue weighted by Crippen LogP contribution is -1.93. The van der Waals surface area contributed by atoms with Gasteiger partial charge in [0.1, 0.15) is 17.3 Å². The second-order valence-electron chi connectivity index (χ2n) is 4.22. The summed E-state index contributed by atoms with van der Waals surface area (Å²) in [5.74, 6) is 1.83. The van der Waals surface area contributed by atoms with Crippen LogP contribution in [0.4, 0.5) is 11.5 Å². The molecule has 4 heteroatoms. The van der Waals surface area contributed by atoms with Crippen molar-refractivity contribution in [2.75, 3.05) is 11.5 Å². The number of hydrogen-bond donors (Lipinski definition) is 2. The maximum absolute atomic E-state index is 5.96. The van der Waals surface area contributed by atoms with E-state index in [4.69, 9.17) is 16.2 Å². The molecule has 0 unspecified atom stereocenters. The molecule has 0 aliphatic rings. The summed E-state index contributed by atoms with van der Waals surface area (Å²) in [5.41, 5.74) is 12.3. The summed E-state index contributed by atoms with van der Waals surface area (Å²) in [6.45, 7) is 0. The van der Waals surface area contributed by atoms with Gasteiger partial charge in [-0.05, 0) is 18.2 Å². The first-order valence-electron chi connectivity index (χ1n) is 5.90. The Labute approximate surface area is 110 Å². The van der Waals surface area contributed by atoms with E-state index in [0.29, 0.717) is 11.6 Å². The molecule has 0 amide bonds. The van der Waals surface area contributed by atoms with Gasteiger partial charge < -0.3 is 16.2 Å². The van der Waals surface area contributed by atoms with Crippen LogP contribution in [-0.2, 0) is 0 Å². The number of nitrogens with two attached hydrogens (primary N) is 2. The van der Waals surface area contributed by atoms with Gasteiger partial charge in [0.2, 0.25) is 0 Å². The molecule has 3 aromatic rings. The zero-order chi connectivity index (χ0) is 13.2. The monoisotopic (exact) mass is 251 g/mol. The van der Waals surface area contributed by atoms with Crippen LogP contribution in [-0.4, -0.2) is 4.98 Å². The van der Waals surface area contributed by atoms with E-state index in [1.165, 1.54) is 0 Å². The normalized spacial score (nSPS) is 10.5. The Morgan fingerprint density at radius 3 is 2.47 bits per heavy atom. The molecule has 19 heavy (non-hydrogen) atoms. The molecular formula is C15H13N3O. The van der Waals surface area contributed by atoms with Gasteiger partial charge in [-0.3, -0.25) is 0 Å². The smallest absolute Gasteiger partial charge is 0.135 e. The first kappa shape index (κ1) is 11.3. The molecule has 0 saturated carbocycles. The molecule has 0 aliphatic carbocycles. The Morgan fingerprint density at radius 1 is 0.895 bits per heavy atom. The SMILES string of the molecule is Nc1cc(Oc2ccc(N)c3ccccc23)ccn1. The zero-order valence-electron chi connectivity index (χ0n) is 10.2. The van der Waals surface area contributed by atoms with Crippen LogP contribution in [0.1, 0.15) is 0 Å². The molecule has 4 N–H and O–H groups in total. The number of hydrogen-bond acceptors (Lipinski definition) is 4. The molecule has 1 aromatic heterocycles. The molecule has 3 rings (SSSR count). The number of benzene rings is 2. The van der Waals surface area contributed by atoms with E-state index in [-0.39, 0.29) is 0 Å². The largest absolute Gasteiger partial charge is 0.457 e. The number of nitrogens with zero attached hydrogens (tertiary/aromatic N) is 1. The maximum atomic E-state index is 5.96. The van der Waals surface area contributed by atoms with Crippen molar-refractivity contribution >= 4 is 22.3 Å².